The molecule has 1 aliphatic rings. The average Bonchev–Trinajstić information content (AvgIpc) is 3.60. The highest BCUT2D eigenvalue weighted by Crippen LogP contribution is 2.39. The lowest BCUT2D eigenvalue weighted by Crippen LogP contribution is -2.23. The fourth-order valence-electron chi connectivity index (χ4n) is 2.89. The quantitative estimate of drug-likeness (QED) is 0.650. The largest absolute Gasteiger partial charge is 0.336 e. The Morgan fingerprint density at radius 2 is 1.87 bits per heavy atom. The van der Waals surface area contributed by atoms with Gasteiger partial charge in [0, 0.05) is 31.3 Å². The van der Waals surface area contributed by atoms with Crippen molar-refractivity contribution in [1.29, 1.82) is 0 Å². The SMILES string of the molecule is CC(=O)N(C)c1cccc(NC(=O)c2nc(C3CC3)cnc2Nc2cncnc2)c1. The second kappa shape index (κ2) is 8.24. The van der Waals surface area contributed by atoms with Crippen molar-refractivity contribution in [3.05, 3.63) is 60.6 Å². The smallest absolute Gasteiger partial charge is 0.278 e. The van der Waals surface area contributed by atoms with Gasteiger partial charge in [0.2, 0.25) is 5.91 Å². The van der Waals surface area contributed by atoms with Gasteiger partial charge in [0.25, 0.3) is 5.91 Å². The Morgan fingerprint density at radius 3 is 2.57 bits per heavy atom. The van der Waals surface area contributed by atoms with Crippen LogP contribution >= 0.6 is 0 Å². The van der Waals surface area contributed by atoms with E-state index < -0.39 is 5.91 Å². The van der Waals surface area contributed by atoms with Gasteiger partial charge in [-0.15, -0.1) is 0 Å². The van der Waals surface area contributed by atoms with Crippen LogP contribution < -0.4 is 15.5 Å². The predicted molar refractivity (Wildman–Crippen MR) is 113 cm³/mol. The number of hydrogen-bond donors (Lipinski definition) is 2. The molecule has 0 unspecified atom stereocenters. The number of aromatic nitrogens is 4. The standard InChI is InChI=1S/C21H21N7O2/c1-13(29)28(2)17-5-3-4-15(8-17)26-21(30)19-20(25-16-9-22-12-23-10-16)24-11-18(27-19)14-6-7-14/h3-5,8-12,14H,6-7H2,1-2H3,(H,24,25)(H,26,30). The lowest BCUT2D eigenvalue weighted by atomic mass is 10.2. The molecular weight excluding hydrogens is 382 g/mol. The minimum Gasteiger partial charge on any atom is -0.336 e. The Labute approximate surface area is 173 Å². The maximum absolute atomic E-state index is 13.1. The van der Waals surface area contributed by atoms with E-state index in [1.54, 1.807) is 49.9 Å². The molecule has 0 aliphatic heterocycles. The molecule has 9 nitrogen and oxygen atoms in total. The van der Waals surface area contributed by atoms with Crippen LogP contribution in [0.1, 0.15) is 41.9 Å². The summed E-state index contributed by atoms with van der Waals surface area (Å²) in [5.41, 5.74) is 2.83. The summed E-state index contributed by atoms with van der Waals surface area (Å²) in [5.74, 6) is 0.180. The molecule has 1 aliphatic carbocycles. The van der Waals surface area contributed by atoms with Gasteiger partial charge in [-0.25, -0.2) is 19.9 Å². The lowest BCUT2D eigenvalue weighted by Gasteiger charge is -2.16. The molecule has 4 rings (SSSR count). The topological polar surface area (TPSA) is 113 Å². The van der Waals surface area contributed by atoms with Crippen LogP contribution in [0.15, 0.2) is 49.2 Å². The third kappa shape index (κ3) is 4.40. The van der Waals surface area contributed by atoms with Crippen molar-refractivity contribution in [2.24, 2.45) is 0 Å². The van der Waals surface area contributed by atoms with Gasteiger partial charge in [0.15, 0.2) is 11.5 Å². The number of carbonyl (C=O) groups is 2. The van der Waals surface area contributed by atoms with Gasteiger partial charge >= 0.3 is 0 Å². The van der Waals surface area contributed by atoms with Gasteiger partial charge in [-0.3, -0.25) is 9.59 Å². The molecule has 3 aromatic rings. The maximum atomic E-state index is 13.1. The molecule has 30 heavy (non-hydrogen) atoms. The van der Waals surface area contributed by atoms with Crippen molar-refractivity contribution < 1.29 is 9.59 Å². The van der Waals surface area contributed by atoms with Crippen LogP contribution in [0.5, 0.6) is 0 Å². The predicted octanol–water partition coefficient (Wildman–Crippen LogP) is 3.12. The summed E-state index contributed by atoms with van der Waals surface area (Å²) in [7, 11) is 1.68. The molecule has 0 spiro atoms. The van der Waals surface area contributed by atoms with Crippen LogP contribution in [-0.4, -0.2) is 38.8 Å². The van der Waals surface area contributed by atoms with Crippen LogP contribution in [-0.2, 0) is 4.79 Å². The van der Waals surface area contributed by atoms with Crippen molar-refractivity contribution >= 4 is 34.7 Å². The molecule has 0 radical (unpaired) electrons. The number of carbonyl (C=O) groups excluding carboxylic acids is 2. The molecule has 0 atom stereocenters. The van der Waals surface area contributed by atoms with E-state index in [1.165, 1.54) is 18.2 Å². The van der Waals surface area contributed by atoms with Crippen molar-refractivity contribution in [2.75, 3.05) is 22.6 Å². The fourth-order valence-corrected chi connectivity index (χ4v) is 2.89. The second-order valence-corrected chi connectivity index (χ2v) is 7.10. The van der Waals surface area contributed by atoms with Crippen LogP contribution in [0.4, 0.5) is 22.9 Å². The summed E-state index contributed by atoms with van der Waals surface area (Å²) >= 11 is 0. The molecule has 152 valence electrons. The normalized spacial score (nSPS) is 12.9. The minimum atomic E-state index is -0.396. The molecule has 2 aromatic heterocycles. The van der Waals surface area contributed by atoms with Crippen LogP contribution in [0.3, 0.4) is 0 Å². The van der Waals surface area contributed by atoms with E-state index in [0.29, 0.717) is 28.8 Å². The molecule has 2 N–H and O–H groups in total. The summed E-state index contributed by atoms with van der Waals surface area (Å²) in [5, 5.41) is 5.91. The molecule has 9 heteroatoms. The van der Waals surface area contributed by atoms with Gasteiger partial charge < -0.3 is 15.5 Å². The van der Waals surface area contributed by atoms with Crippen LogP contribution in [0.25, 0.3) is 0 Å². The lowest BCUT2D eigenvalue weighted by molar-refractivity contribution is -0.116. The Balaban J connectivity index is 1.61. The number of nitrogens with zero attached hydrogens (tertiary/aromatic N) is 5. The van der Waals surface area contributed by atoms with Gasteiger partial charge in [0.1, 0.15) is 6.33 Å². The summed E-state index contributed by atoms with van der Waals surface area (Å²) < 4.78 is 0. The Hall–Kier alpha value is -3.88. The van der Waals surface area contributed by atoms with E-state index in [4.69, 9.17) is 0 Å². The van der Waals surface area contributed by atoms with E-state index in [1.807, 2.05) is 0 Å². The molecule has 0 saturated heterocycles. The zero-order chi connectivity index (χ0) is 21.1. The summed E-state index contributed by atoms with van der Waals surface area (Å²) in [6, 6.07) is 7.06. The molecule has 0 bridgehead atoms. The first-order valence-electron chi connectivity index (χ1n) is 9.56. The van der Waals surface area contributed by atoms with Crippen molar-refractivity contribution in [2.45, 2.75) is 25.7 Å². The Morgan fingerprint density at radius 1 is 1.10 bits per heavy atom. The maximum Gasteiger partial charge on any atom is 0.278 e. The number of anilines is 4. The molecule has 1 saturated carbocycles. The van der Waals surface area contributed by atoms with Gasteiger partial charge in [-0.2, -0.15) is 0 Å². The third-order valence-electron chi connectivity index (χ3n) is 4.79. The average molecular weight is 403 g/mol. The third-order valence-corrected chi connectivity index (χ3v) is 4.79. The minimum absolute atomic E-state index is 0.0990. The Bertz CT molecular complexity index is 1080. The zero-order valence-electron chi connectivity index (χ0n) is 16.7. The molecular formula is C21H21N7O2. The number of nitrogens with one attached hydrogen (secondary N) is 2. The van der Waals surface area contributed by atoms with E-state index >= 15 is 0 Å². The first-order chi connectivity index (χ1) is 14.5. The van der Waals surface area contributed by atoms with Gasteiger partial charge in [0.05, 0.1) is 30.0 Å². The first kappa shape index (κ1) is 19.4. The van der Waals surface area contributed by atoms with E-state index in [9.17, 15) is 9.59 Å². The van der Waals surface area contributed by atoms with Crippen LogP contribution in [0, 0.1) is 0 Å². The molecule has 1 aromatic carbocycles. The fraction of sp³-hybridized carbons (Fsp3) is 0.238. The van der Waals surface area contributed by atoms with Crippen molar-refractivity contribution in [3.63, 3.8) is 0 Å². The number of hydrogen-bond acceptors (Lipinski definition) is 7. The highest BCUT2D eigenvalue weighted by Gasteiger charge is 2.27. The van der Waals surface area contributed by atoms with Crippen molar-refractivity contribution in [3.8, 4) is 0 Å². The number of benzene rings is 1. The number of rotatable bonds is 6. The van der Waals surface area contributed by atoms with E-state index in [2.05, 4.69) is 30.6 Å². The number of amides is 2. The summed E-state index contributed by atoms with van der Waals surface area (Å²) in [6.45, 7) is 1.48. The molecule has 2 amide bonds. The van der Waals surface area contributed by atoms with E-state index in [0.717, 1.165) is 18.5 Å². The highest BCUT2D eigenvalue weighted by atomic mass is 16.2. The first-order valence-corrected chi connectivity index (χ1v) is 9.56. The van der Waals surface area contributed by atoms with Crippen LogP contribution in [0.2, 0.25) is 0 Å². The summed E-state index contributed by atoms with van der Waals surface area (Å²) in [4.78, 5) is 43.1. The molecule has 2 heterocycles. The van der Waals surface area contributed by atoms with Gasteiger partial charge in [-0.05, 0) is 31.0 Å². The zero-order valence-corrected chi connectivity index (χ0v) is 16.7. The monoisotopic (exact) mass is 403 g/mol. The van der Waals surface area contributed by atoms with E-state index in [-0.39, 0.29) is 11.6 Å². The second-order valence-electron chi connectivity index (χ2n) is 7.10. The van der Waals surface area contributed by atoms with Gasteiger partial charge in [-0.1, -0.05) is 6.07 Å². The summed E-state index contributed by atoms with van der Waals surface area (Å²) in [6.07, 6.45) is 8.40. The Kier molecular flexibility index (Phi) is 5.34. The van der Waals surface area contributed by atoms with Crippen molar-refractivity contribution in [1.82, 2.24) is 19.9 Å². The molecule has 1 fully saturated rings. The highest BCUT2D eigenvalue weighted by molar-refractivity contribution is 6.06.